The fourth-order valence-corrected chi connectivity index (χ4v) is 3.77. The molecule has 25 heavy (non-hydrogen) atoms. The molecule has 1 aromatic heterocycles. The molecule has 2 bridgehead atoms. The van der Waals surface area contributed by atoms with Gasteiger partial charge in [0.2, 0.25) is 5.89 Å². The topological polar surface area (TPSA) is 80.4 Å². The van der Waals surface area contributed by atoms with Crippen LogP contribution in [0.2, 0.25) is 0 Å². The number of hydrogen-bond acceptors (Lipinski definition) is 5. The quantitative estimate of drug-likeness (QED) is 0.685. The summed E-state index contributed by atoms with van der Waals surface area (Å²) in [6.07, 6.45) is 6.26. The van der Waals surface area contributed by atoms with Crippen molar-refractivity contribution in [3.63, 3.8) is 0 Å². The molecular formula is C19H20N4O2. The van der Waals surface area contributed by atoms with E-state index < -0.39 is 5.91 Å². The predicted molar refractivity (Wildman–Crippen MR) is 93.8 cm³/mol. The first-order chi connectivity index (χ1) is 12.1. The van der Waals surface area contributed by atoms with Gasteiger partial charge in [0.1, 0.15) is 0 Å². The number of carbonyl (C=O) groups excluding carboxylic acids is 1. The van der Waals surface area contributed by atoms with Gasteiger partial charge in [0, 0.05) is 5.56 Å². The number of allylic oxidation sites excluding steroid dienone is 2. The van der Waals surface area contributed by atoms with Crippen LogP contribution in [0.4, 0.5) is 0 Å². The Morgan fingerprint density at radius 2 is 2.12 bits per heavy atom. The fraction of sp³-hybridized carbons (Fsp3) is 0.368. The van der Waals surface area contributed by atoms with Gasteiger partial charge in [-0.25, -0.2) is 5.43 Å². The first-order valence-corrected chi connectivity index (χ1v) is 8.48. The lowest BCUT2D eigenvalue weighted by Crippen LogP contribution is -2.48. The zero-order valence-electron chi connectivity index (χ0n) is 14.3. The summed E-state index contributed by atoms with van der Waals surface area (Å²) < 4.78 is 5.41. The maximum absolute atomic E-state index is 12.1. The summed E-state index contributed by atoms with van der Waals surface area (Å²) >= 11 is 0. The van der Waals surface area contributed by atoms with Crippen LogP contribution in [-0.4, -0.2) is 22.3 Å². The van der Waals surface area contributed by atoms with Crippen LogP contribution in [0.1, 0.15) is 37.4 Å². The van der Waals surface area contributed by atoms with Gasteiger partial charge in [0.25, 0.3) is 0 Å². The number of benzene rings is 1. The summed E-state index contributed by atoms with van der Waals surface area (Å²) in [4.78, 5) is 12.1. The van der Waals surface area contributed by atoms with Gasteiger partial charge in [0.05, 0.1) is 6.21 Å². The van der Waals surface area contributed by atoms with Crippen molar-refractivity contribution in [1.82, 2.24) is 15.6 Å². The molecule has 2 atom stereocenters. The van der Waals surface area contributed by atoms with Gasteiger partial charge in [-0.1, -0.05) is 38.1 Å². The van der Waals surface area contributed by atoms with E-state index in [1.165, 1.54) is 12.0 Å². The van der Waals surface area contributed by atoms with Crippen LogP contribution >= 0.6 is 0 Å². The zero-order chi connectivity index (χ0) is 17.4. The Kier molecular flexibility index (Phi) is 3.75. The lowest BCUT2D eigenvalue weighted by Gasteiger charge is -2.55. The second-order valence-electron chi connectivity index (χ2n) is 7.22. The van der Waals surface area contributed by atoms with Crippen molar-refractivity contribution < 1.29 is 9.21 Å². The van der Waals surface area contributed by atoms with E-state index in [2.05, 4.69) is 40.6 Å². The van der Waals surface area contributed by atoms with Crippen molar-refractivity contribution in [3.8, 4) is 11.5 Å². The van der Waals surface area contributed by atoms with E-state index in [0.717, 1.165) is 17.9 Å². The largest absolute Gasteiger partial charge is 0.412 e. The van der Waals surface area contributed by atoms with Crippen molar-refractivity contribution in [2.75, 3.05) is 0 Å². The van der Waals surface area contributed by atoms with Crippen LogP contribution < -0.4 is 5.43 Å². The standard InChI is InChI=1S/C19H20N4O2/c1-19(2)14-9-8-13(15(19)10-14)11-20-21-16(24)18-23-22-17(25-18)12-6-4-3-5-7-12/h3-8,11,14-15H,9-10H2,1-2H3,(H,21,24)/b20-11+. The SMILES string of the molecule is CC1(C)C2CC=C(/C=N/NC(=O)c3nnc(-c4ccccc4)o3)C1C2. The van der Waals surface area contributed by atoms with Gasteiger partial charge >= 0.3 is 11.8 Å². The van der Waals surface area contributed by atoms with Crippen LogP contribution in [-0.2, 0) is 0 Å². The highest BCUT2D eigenvalue weighted by molar-refractivity contribution is 5.91. The second kappa shape index (κ2) is 5.95. The number of fused-ring (bicyclic) bond motifs is 1. The normalized spacial score (nSPS) is 23.8. The van der Waals surface area contributed by atoms with Crippen molar-refractivity contribution in [2.24, 2.45) is 22.4 Å². The molecule has 0 saturated heterocycles. The van der Waals surface area contributed by atoms with Crippen molar-refractivity contribution in [1.29, 1.82) is 0 Å². The predicted octanol–water partition coefficient (Wildman–Crippen LogP) is 3.44. The van der Waals surface area contributed by atoms with Crippen LogP contribution in [0.25, 0.3) is 11.5 Å². The van der Waals surface area contributed by atoms with Crippen LogP contribution in [0, 0.1) is 17.3 Å². The number of amides is 1. The fourth-order valence-electron chi connectivity index (χ4n) is 3.77. The number of hydrogen-bond donors (Lipinski definition) is 1. The Hall–Kier alpha value is -2.76. The molecule has 1 heterocycles. The summed E-state index contributed by atoms with van der Waals surface area (Å²) in [5.74, 6) is 1.01. The Balaban J connectivity index is 1.40. The number of carbonyl (C=O) groups is 1. The monoisotopic (exact) mass is 336 g/mol. The molecule has 1 saturated carbocycles. The van der Waals surface area contributed by atoms with E-state index in [1.54, 1.807) is 6.21 Å². The third kappa shape index (κ3) is 2.77. The summed E-state index contributed by atoms with van der Waals surface area (Å²) in [6.45, 7) is 4.60. The molecule has 1 fully saturated rings. The minimum Gasteiger partial charge on any atom is -0.412 e. The molecule has 6 nitrogen and oxygen atoms in total. The number of rotatable bonds is 4. The zero-order valence-corrected chi connectivity index (χ0v) is 14.3. The Labute approximate surface area is 146 Å². The van der Waals surface area contributed by atoms with Gasteiger partial charge in [-0.05, 0) is 47.8 Å². The molecule has 1 aromatic carbocycles. The molecule has 6 heteroatoms. The summed E-state index contributed by atoms with van der Waals surface area (Å²) in [7, 11) is 0. The first-order valence-electron chi connectivity index (χ1n) is 8.48. The molecular weight excluding hydrogens is 316 g/mol. The number of nitrogens with zero attached hydrogens (tertiary/aromatic N) is 3. The molecule has 0 aliphatic heterocycles. The maximum atomic E-state index is 12.1. The average Bonchev–Trinajstić information content (AvgIpc) is 3.12. The molecule has 0 spiro atoms. The van der Waals surface area contributed by atoms with E-state index >= 15 is 0 Å². The smallest absolute Gasteiger partial charge is 0.328 e. The van der Waals surface area contributed by atoms with Crippen LogP contribution in [0.15, 0.2) is 51.5 Å². The molecule has 2 aromatic rings. The first kappa shape index (κ1) is 15.7. The Morgan fingerprint density at radius 3 is 2.84 bits per heavy atom. The van der Waals surface area contributed by atoms with Gasteiger partial charge in [-0.15, -0.1) is 10.2 Å². The van der Waals surface area contributed by atoms with Gasteiger partial charge in [-0.2, -0.15) is 5.10 Å². The summed E-state index contributed by atoms with van der Waals surface area (Å²) in [6, 6.07) is 9.32. The van der Waals surface area contributed by atoms with E-state index in [9.17, 15) is 4.79 Å². The maximum Gasteiger partial charge on any atom is 0.328 e. The second-order valence-corrected chi connectivity index (χ2v) is 7.22. The molecule has 3 aliphatic carbocycles. The van der Waals surface area contributed by atoms with E-state index in [1.807, 2.05) is 30.3 Å². The molecule has 5 rings (SSSR count). The molecule has 1 amide bonds. The van der Waals surface area contributed by atoms with Crippen molar-refractivity contribution >= 4 is 12.1 Å². The molecule has 3 aliphatic rings. The molecule has 0 radical (unpaired) electrons. The lowest BCUT2D eigenvalue weighted by molar-refractivity contribution is -0.00126. The Bertz CT molecular complexity index is 851. The molecule has 128 valence electrons. The number of nitrogens with one attached hydrogen (secondary N) is 1. The van der Waals surface area contributed by atoms with Crippen LogP contribution in [0.3, 0.4) is 0 Å². The van der Waals surface area contributed by atoms with E-state index in [4.69, 9.17) is 4.42 Å². The third-order valence-corrected chi connectivity index (χ3v) is 5.53. The van der Waals surface area contributed by atoms with E-state index in [-0.39, 0.29) is 5.89 Å². The third-order valence-electron chi connectivity index (χ3n) is 5.53. The number of hydrazone groups is 1. The minimum atomic E-state index is -0.506. The lowest BCUT2D eigenvalue weighted by atomic mass is 9.49. The molecule has 2 unspecified atom stereocenters. The highest BCUT2D eigenvalue weighted by atomic mass is 16.4. The van der Waals surface area contributed by atoms with Crippen LogP contribution in [0.5, 0.6) is 0 Å². The Morgan fingerprint density at radius 1 is 1.32 bits per heavy atom. The van der Waals surface area contributed by atoms with E-state index in [0.29, 0.717) is 17.2 Å². The molecule has 1 N–H and O–H groups in total. The summed E-state index contributed by atoms with van der Waals surface area (Å²) in [5.41, 5.74) is 4.77. The average molecular weight is 336 g/mol. The highest BCUT2D eigenvalue weighted by Crippen LogP contribution is 2.58. The highest BCUT2D eigenvalue weighted by Gasteiger charge is 2.50. The number of aromatic nitrogens is 2. The van der Waals surface area contributed by atoms with Gasteiger partial charge in [0.15, 0.2) is 0 Å². The van der Waals surface area contributed by atoms with Crippen molar-refractivity contribution in [2.45, 2.75) is 26.7 Å². The minimum absolute atomic E-state index is 0.0994. The van der Waals surface area contributed by atoms with Gasteiger partial charge in [-0.3, -0.25) is 4.79 Å². The van der Waals surface area contributed by atoms with Crippen molar-refractivity contribution in [3.05, 3.63) is 47.9 Å². The summed E-state index contributed by atoms with van der Waals surface area (Å²) in [5, 5.41) is 11.8. The van der Waals surface area contributed by atoms with Gasteiger partial charge < -0.3 is 4.42 Å².